The first-order valence-electron chi connectivity index (χ1n) is 8.63. The number of hydrogen-bond donors (Lipinski definition) is 1. The van der Waals surface area contributed by atoms with Gasteiger partial charge in [-0.25, -0.2) is 0 Å². The molecule has 0 spiro atoms. The van der Waals surface area contributed by atoms with Crippen LogP contribution >= 0.6 is 0 Å². The highest BCUT2D eigenvalue weighted by Crippen LogP contribution is 2.44. The van der Waals surface area contributed by atoms with Gasteiger partial charge in [-0.15, -0.1) is 0 Å². The molecular weight excluding hydrogens is 324 g/mol. The maximum Gasteiger partial charge on any atom is 0.314 e. The summed E-state index contributed by atoms with van der Waals surface area (Å²) in [6, 6.07) is 21.6. The highest BCUT2D eigenvalue weighted by atomic mass is 16.5. The molecule has 0 aliphatic heterocycles. The molecule has 1 aliphatic carbocycles. The number of rotatable bonds is 4. The molecule has 0 heterocycles. The summed E-state index contributed by atoms with van der Waals surface area (Å²) in [6.07, 6.45) is 1.33. The minimum atomic E-state index is -0.453. The zero-order chi connectivity index (χ0) is 18.1. The van der Waals surface area contributed by atoms with E-state index in [1.807, 2.05) is 37.3 Å². The van der Waals surface area contributed by atoms with E-state index in [1.165, 1.54) is 28.7 Å². The van der Waals surface area contributed by atoms with E-state index in [9.17, 15) is 9.90 Å². The van der Waals surface area contributed by atoms with Crippen LogP contribution in [0, 0.1) is 13.3 Å². The van der Waals surface area contributed by atoms with Gasteiger partial charge < -0.3 is 9.84 Å². The Morgan fingerprint density at radius 3 is 2.23 bits per heavy atom. The summed E-state index contributed by atoms with van der Waals surface area (Å²) in [5.41, 5.74) is 6.16. The van der Waals surface area contributed by atoms with Crippen molar-refractivity contribution in [1.82, 2.24) is 0 Å². The lowest BCUT2D eigenvalue weighted by atomic mass is 9.98. The Labute approximate surface area is 152 Å². The maximum absolute atomic E-state index is 12.2. The molecule has 0 bridgehead atoms. The number of ether oxygens (including phenoxy) is 1. The highest BCUT2D eigenvalue weighted by molar-refractivity contribution is 5.85. The fourth-order valence-electron chi connectivity index (χ4n) is 3.55. The van der Waals surface area contributed by atoms with Crippen molar-refractivity contribution < 1.29 is 14.6 Å². The molecule has 0 aromatic heterocycles. The molecule has 1 aliphatic rings. The van der Waals surface area contributed by atoms with Gasteiger partial charge in [-0.05, 0) is 40.8 Å². The molecule has 26 heavy (non-hydrogen) atoms. The Morgan fingerprint density at radius 1 is 1.00 bits per heavy atom. The third kappa shape index (κ3) is 2.97. The summed E-state index contributed by atoms with van der Waals surface area (Å²) in [4.78, 5) is 12.2. The topological polar surface area (TPSA) is 46.5 Å². The van der Waals surface area contributed by atoms with Crippen molar-refractivity contribution in [2.45, 2.75) is 12.8 Å². The predicted molar refractivity (Wildman–Crippen MR) is 101 cm³/mol. The number of hydrogen-bond acceptors (Lipinski definition) is 3. The van der Waals surface area contributed by atoms with Crippen molar-refractivity contribution in [2.24, 2.45) is 0 Å². The van der Waals surface area contributed by atoms with Gasteiger partial charge >= 0.3 is 5.97 Å². The molecule has 129 valence electrons. The monoisotopic (exact) mass is 343 g/mol. The van der Waals surface area contributed by atoms with Crippen molar-refractivity contribution in [3.63, 3.8) is 0 Å². The molecule has 0 amide bonds. The SMILES string of the molecule is Cc1ccc([CH]C(=O)OCC2c3ccccc3-c3ccccc32)c(O)c1. The van der Waals surface area contributed by atoms with E-state index in [1.54, 1.807) is 12.1 Å². The van der Waals surface area contributed by atoms with Crippen molar-refractivity contribution >= 4 is 5.97 Å². The first-order chi connectivity index (χ1) is 12.6. The fraction of sp³-hybridized carbons (Fsp3) is 0.130. The molecule has 0 saturated heterocycles. The van der Waals surface area contributed by atoms with Gasteiger partial charge in [0.05, 0.1) is 0 Å². The number of aromatic hydroxyl groups is 1. The Kier molecular flexibility index (Phi) is 4.21. The summed E-state index contributed by atoms with van der Waals surface area (Å²) in [5.74, 6) is -0.337. The van der Waals surface area contributed by atoms with Gasteiger partial charge in [0.15, 0.2) is 0 Å². The molecule has 3 aromatic carbocycles. The number of carbonyl (C=O) groups is 1. The zero-order valence-corrected chi connectivity index (χ0v) is 14.5. The number of fused-ring (bicyclic) bond motifs is 3. The van der Waals surface area contributed by atoms with Gasteiger partial charge in [-0.3, -0.25) is 4.79 Å². The standard InChI is InChI=1S/C23H19O3/c1-15-10-11-16(22(24)12-15)13-23(25)26-14-21-19-8-4-2-6-17(19)18-7-3-5-9-20(18)21/h2-13,21,24H,14H2,1H3. The van der Waals surface area contributed by atoms with Gasteiger partial charge in [-0.1, -0.05) is 60.7 Å². The molecule has 3 nitrogen and oxygen atoms in total. The Bertz CT molecular complexity index is 929. The Morgan fingerprint density at radius 2 is 1.62 bits per heavy atom. The summed E-state index contributed by atoms with van der Waals surface area (Å²) in [6.45, 7) is 2.16. The Hall–Kier alpha value is -3.07. The van der Waals surface area contributed by atoms with E-state index in [4.69, 9.17) is 4.74 Å². The number of aryl methyl sites for hydroxylation is 1. The minimum Gasteiger partial charge on any atom is -0.508 e. The largest absolute Gasteiger partial charge is 0.508 e. The molecule has 0 unspecified atom stereocenters. The zero-order valence-electron chi connectivity index (χ0n) is 14.5. The summed E-state index contributed by atoms with van der Waals surface area (Å²) >= 11 is 0. The minimum absolute atomic E-state index is 0.0337. The molecule has 0 saturated carbocycles. The van der Waals surface area contributed by atoms with Crippen LogP contribution < -0.4 is 0 Å². The van der Waals surface area contributed by atoms with E-state index in [0.717, 1.165) is 5.56 Å². The second-order valence-corrected chi connectivity index (χ2v) is 6.56. The second kappa shape index (κ2) is 6.68. The van der Waals surface area contributed by atoms with Crippen LogP contribution in [0.4, 0.5) is 0 Å². The summed E-state index contributed by atoms with van der Waals surface area (Å²) in [5, 5.41) is 9.94. The Balaban J connectivity index is 1.50. The van der Waals surface area contributed by atoms with Crippen LogP contribution in [0.1, 0.15) is 28.2 Å². The number of phenols is 1. The van der Waals surface area contributed by atoms with Crippen LogP contribution in [0.2, 0.25) is 0 Å². The van der Waals surface area contributed by atoms with Crippen LogP contribution in [0.3, 0.4) is 0 Å². The molecule has 0 fully saturated rings. The van der Waals surface area contributed by atoms with Gasteiger partial charge in [0.25, 0.3) is 0 Å². The lowest BCUT2D eigenvalue weighted by molar-refractivity contribution is -0.139. The van der Waals surface area contributed by atoms with E-state index in [0.29, 0.717) is 5.56 Å². The first kappa shape index (κ1) is 16.4. The lowest BCUT2D eigenvalue weighted by Gasteiger charge is -2.14. The number of benzene rings is 3. The van der Waals surface area contributed by atoms with E-state index in [2.05, 4.69) is 24.3 Å². The number of esters is 1. The number of carbonyl (C=O) groups excluding carboxylic acids is 1. The van der Waals surface area contributed by atoms with Gasteiger partial charge in [0, 0.05) is 11.5 Å². The third-order valence-corrected chi connectivity index (χ3v) is 4.81. The van der Waals surface area contributed by atoms with Gasteiger partial charge in [-0.2, -0.15) is 0 Å². The first-order valence-corrected chi connectivity index (χ1v) is 8.63. The van der Waals surface area contributed by atoms with Gasteiger partial charge in [0.2, 0.25) is 0 Å². The quantitative estimate of drug-likeness (QED) is 0.704. The van der Waals surface area contributed by atoms with Crippen molar-refractivity contribution in [3.8, 4) is 16.9 Å². The predicted octanol–water partition coefficient (Wildman–Crippen LogP) is 4.61. The van der Waals surface area contributed by atoms with Crippen molar-refractivity contribution in [2.75, 3.05) is 6.61 Å². The summed E-state index contributed by atoms with van der Waals surface area (Å²) in [7, 11) is 0. The van der Waals surface area contributed by atoms with E-state index < -0.39 is 5.97 Å². The van der Waals surface area contributed by atoms with Crippen LogP contribution in [-0.4, -0.2) is 17.7 Å². The lowest BCUT2D eigenvalue weighted by Crippen LogP contribution is -2.13. The molecule has 1 radical (unpaired) electrons. The molecular formula is C23H19O3. The number of phenolic OH excluding ortho intramolecular Hbond substituents is 1. The summed E-state index contributed by atoms with van der Waals surface area (Å²) < 4.78 is 5.52. The maximum atomic E-state index is 12.2. The van der Waals surface area contributed by atoms with Crippen molar-refractivity contribution in [1.29, 1.82) is 0 Å². The average Bonchev–Trinajstić information content (AvgIpc) is 2.96. The average molecular weight is 343 g/mol. The van der Waals surface area contributed by atoms with Crippen LogP contribution in [0.25, 0.3) is 11.1 Å². The molecule has 4 rings (SSSR count). The highest BCUT2D eigenvalue weighted by Gasteiger charge is 2.29. The van der Waals surface area contributed by atoms with Crippen LogP contribution in [0.15, 0.2) is 66.7 Å². The van der Waals surface area contributed by atoms with Crippen molar-refractivity contribution in [3.05, 3.63) is 95.4 Å². The molecule has 0 atom stereocenters. The molecule has 3 aromatic rings. The van der Waals surface area contributed by atoms with E-state index in [-0.39, 0.29) is 18.3 Å². The second-order valence-electron chi connectivity index (χ2n) is 6.56. The third-order valence-electron chi connectivity index (χ3n) is 4.81. The van der Waals surface area contributed by atoms with E-state index >= 15 is 0 Å². The smallest absolute Gasteiger partial charge is 0.314 e. The van der Waals surface area contributed by atoms with Crippen LogP contribution in [0.5, 0.6) is 5.75 Å². The molecule has 3 heteroatoms. The van der Waals surface area contributed by atoms with Gasteiger partial charge in [0.1, 0.15) is 18.8 Å². The molecule has 1 N–H and O–H groups in total. The van der Waals surface area contributed by atoms with Crippen LogP contribution in [-0.2, 0) is 9.53 Å². The fourth-order valence-corrected chi connectivity index (χ4v) is 3.55. The normalized spacial score (nSPS) is 12.5.